The van der Waals surface area contributed by atoms with Crippen LogP contribution in [-0.4, -0.2) is 69.2 Å². The summed E-state index contributed by atoms with van der Waals surface area (Å²) in [5.74, 6) is -0.177. The summed E-state index contributed by atoms with van der Waals surface area (Å²) >= 11 is 0. The van der Waals surface area contributed by atoms with Gasteiger partial charge in [0.25, 0.3) is 0 Å². The van der Waals surface area contributed by atoms with Gasteiger partial charge >= 0.3 is 0 Å². The third kappa shape index (κ3) is 3.43. The van der Waals surface area contributed by atoms with Gasteiger partial charge in [0.05, 0.1) is 32.1 Å². The van der Waals surface area contributed by atoms with Gasteiger partial charge in [-0.3, -0.25) is 4.79 Å². The summed E-state index contributed by atoms with van der Waals surface area (Å²) in [7, 11) is -1.90. The van der Waals surface area contributed by atoms with Crippen LogP contribution < -0.4 is 0 Å². The zero-order chi connectivity index (χ0) is 12.3. The zero-order valence-electron chi connectivity index (χ0n) is 9.84. The van der Waals surface area contributed by atoms with Crippen molar-refractivity contribution in [2.75, 3.05) is 39.6 Å². The fraction of sp³-hybridized carbons (Fsp3) is 0.889. The highest BCUT2D eigenvalue weighted by molar-refractivity contribution is 7.88. The van der Waals surface area contributed by atoms with Crippen LogP contribution in [0.4, 0.5) is 0 Å². The Labute approximate surface area is 96.2 Å². The molecule has 0 aromatic heterocycles. The lowest BCUT2D eigenvalue weighted by molar-refractivity contribution is -0.139. The first kappa shape index (κ1) is 13.4. The van der Waals surface area contributed by atoms with E-state index in [0.717, 1.165) is 10.6 Å². The molecule has 1 heterocycles. The molecule has 1 aliphatic heterocycles. The number of likely N-dealkylation sites (N-methyl/N-ethyl adjacent to an activating group) is 1. The first-order valence-electron chi connectivity index (χ1n) is 5.11. The molecule has 1 rings (SSSR count). The van der Waals surface area contributed by atoms with E-state index in [9.17, 15) is 13.2 Å². The molecule has 0 bridgehead atoms. The Kier molecular flexibility index (Phi) is 4.28. The standard InChI is InChI=1S/C9H18N2O4S/c1-8-7-15-5-4-11(8)9(12)6-10(2)16(3,13)14/h8H,4-7H2,1-3H3/t8-/m1/s1. The number of ether oxygens (including phenoxy) is 1. The van der Waals surface area contributed by atoms with E-state index in [1.165, 1.54) is 7.05 Å². The molecule has 0 spiro atoms. The normalized spacial score (nSPS) is 22.5. The highest BCUT2D eigenvalue weighted by Gasteiger charge is 2.26. The fourth-order valence-corrected chi connectivity index (χ4v) is 1.84. The van der Waals surface area contributed by atoms with E-state index in [1.54, 1.807) is 4.90 Å². The van der Waals surface area contributed by atoms with Crippen LogP contribution in [-0.2, 0) is 19.6 Å². The molecular weight excluding hydrogens is 232 g/mol. The summed E-state index contributed by atoms with van der Waals surface area (Å²) in [4.78, 5) is 13.5. The minimum atomic E-state index is -3.30. The van der Waals surface area contributed by atoms with Crippen LogP contribution in [0.2, 0.25) is 0 Å². The summed E-state index contributed by atoms with van der Waals surface area (Å²) in [5, 5.41) is 0. The van der Waals surface area contributed by atoms with E-state index in [4.69, 9.17) is 4.74 Å². The van der Waals surface area contributed by atoms with Crippen molar-refractivity contribution in [1.82, 2.24) is 9.21 Å². The topological polar surface area (TPSA) is 66.9 Å². The largest absolute Gasteiger partial charge is 0.377 e. The average Bonchev–Trinajstić information content (AvgIpc) is 2.16. The number of rotatable bonds is 3. The van der Waals surface area contributed by atoms with Gasteiger partial charge in [-0.2, -0.15) is 4.31 Å². The van der Waals surface area contributed by atoms with Crippen molar-refractivity contribution in [3.05, 3.63) is 0 Å². The fourth-order valence-electron chi connectivity index (χ4n) is 1.50. The molecule has 1 saturated heterocycles. The van der Waals surface area contributed by atoms with Crippen molar-refractivity contribution in [3.8, 4) is 0 Å². The highest BCUT2D eigenvalue weighted by atomic mass is 32.2. The second-order valence-electron chi connectivity index (χ2n) is 4.03. The Morgan fingerprint density at radius 1 is 1.56 bits per heavy atom. The van der Waals surface area contributed by atoms with Gasteiger partial charge < -0.3 is 9.64 Å². The molecule has 1 amide bonds. The van der Waals surface area contributed by atoms with Gasteiger partial charge in [-0.25, -0.2) is 8.42 Å². The number of morpholine rings is 1. The Morgan fingerprint density at radius 2 is 2.19 bits per heavy atom. The number of carbonyl (C=O) groups excluding carboxylic acids is 1. The summed E-state index contributed by atoms with van der Waals surface area (Å²) in [6, 6.07) is 0.00853. The second-order valence-corrected chi connectivity index (χ2v) is 6.12. The van der Waals surface area contributed by atoms with Crippen molar-refractivity contribution >= 4 is 15.9 Å². The van der Waals surface area contributed by atoms with E-state index < -0.39 is 10.0 Å². The molecule has 0 unspecified atom stereocenters. The van der Waals surface area contributed by atoms with E-state index in [1.807, 2.05) is 6.92 Å². The summed E-state index contributed by atoms with van der Waals surface area (Å²) in [6.07, 6.45) is 1.09. The Hall–Kier alpha value is -0.660. The summed E-state index contributed by atoms with van der Waals surface area (Å²) < 4.78 is 28.6. The molecule has 0 aliphatic carbocycles. The van der Waals surface area contributed by atoms with E-state index in [-0.39, 0.29) is 18.5 Å². The lowest BCUT2D eigenvalue weighted by atomic mass is 10.2. The predicted octanol–water partition coefficient (Wildman–Crippen LogP) is -0.875. The van der Waals surface area contributed by atoms with Crippen LogP contribution in [0, 0.1) is 0 Å². The molecule has 0 saturated carbocycles. The van der Waals surface area contributed by atoms with Gasteiger partial charge in [0.15, 0.2) is 0 Å². The molecule has 1 fully saturated rings. The van der Waals surface area contributed by atoms with Crippen LogP contribution in [0.1, 0.15) is 6.92 Å². The van der Waals surface area contributed by atoms with E-state index >= 15 is 0 Å². The molecule has 94 valence electrons. The Morgan fingerprint density at radius 3 is 2.69 bits per heavy atom. The van der Waals surface area contributed by atoms with Crippen LogP contribution in [0.3, 0.4) is 0 Å². The molecule has 0 aromatic carbocycles. The maximum Gasteiger partial charge on any atom is 0.238 e. The maximum atomic E-state index is 11.8. The monoisotopic (exact) mass is 250 g/mol. The van der Waals surface area contributed by atoms with Crippen molar-refractivity contribution in [1.29, 1.82) is 0 Å². The van der Waals surface area contributed by atoms with Gasteiger partial charge in [0, 0.05) is 13.6 Å². The summed E-state index contributed by atoms with van der Waals surface area (Å²) in [5.41, 5.74) is 0. The molecule has 0 radical (unpaired) electrons. The molecule has 0 N–H and O–H groups in total. The molecule has 1 aliphatic rings. The number of hydrogen-bond acceptors (Lipinski definition) is 4. The minimum absolute atomic E-state index is 0.00853. The lowest BCUT2D eigenvalue weighted by Crippen LogP contribution is -2.50. The van der Waals surface area contributed by atoms with Crippen LogP contribution >= 0.6 is 0 Å². The number of amides is 1. The van der Waals surface area contributed by atoms with Crippen molar-refractivity contribution in [2.24, 2.45) is 0 Å². The van der Waals surface area contributed by atoms with Crippen LogP contribution in [0.15, 0.2) is 0 Å². The highest BCUT2D eigenvalue weighted by Crippen LogP contribution is 2.07. The van der Waals surface area contributed by atoms with Crippen molar-refractivity contribution < 1.29 is 17.9 Å². The number of carbonyl (C=O) groups is 1. The van der Waals surface area contributed by atoms with Gasteiger partial charge in [0.2, 0.25) is 15.9 Å². The number of nitrogens with zero attached hydrogens (tertiary/aromatic N) is 2. The molecule has 16 heavy (non-hydrogen) atoms. The zero-order valence-corrected chi connectivity index (χ0v) is 10.7. The lowest BCUT2D eigenvalue weighted by Gasteiger charge is -2.34. The van der Waals surface area contributed by atoms with E-state index in [0.29, 0.717) is 19.8 Å². The first-order valence-corrected chi connectivity index (χ1v) is 6.95. The first-order chi connectivity index (χ1) is 7.32. The molecule has 6 nitrogen and oxygen atoms in total. The Balaban J connectivity index is 2.58. The van der Waals surface area contributed by atoms with Crippen molar-refractivity contribution in [3.63, 3.8) is 0 Å². The van der Waals surface area contributed by atoms with Crippen LogP contribution in [0.5, 0.6) is 0 Å². The van der Waals surface area contributed by atoms with Gasteiger partial charge in [-0.1, -0.05) is 0 Å². The Bertz CT molecular complexity index is 355. The third-order valence-corrected chi connectivity index (χ3v) is 3.87. The number of hydrogen-bond donors (Lipinski definition) is 0. The van der Waals surface area contributed by atoms with Crippen LogP contribution in [0.25, 0.3) is 0 Å². The van der Waals surface area contributed by atoms with Crippen molar-refractivity contribution in [2.45, 2.75) is 13.0 Å². The van der Waals surface area contributed by atoms with Gasteiger partial charge in [0.1, 0.15) is 0 Å². The van der Waals surface area contributed by atoms with Gasteiger partial charge in [-0.15, -0.1) is 0 Å². The quantitative estimate of drug-likeness (QED) is 0.653. The number of sulfonamides is 1. The van der Waals surface area contributed by atoms with Gasteiger partial charge in [-0.05, 0) is 6.92 Å². The smallest absolute Gasteiger partial charge is 0.238 e. The molecule has 7 heteroatoms. The molecule has 1 atom stereocenters. The molecular formula is C9H18N2O4S. The minimum Gasteiger partial charge on any atom is -0.377 e. The molecule has 0 aromatic rings. The van der Waals surface area contributed by atoms with E-state index in [2.05, 4.69) is 0 Å². The maximum absolute atomic E-state index is 11.8. The SMILES string of the molecule is C[C@@H]1COCCN1C(=O)CN(C)S(C)(=O)=O. The second kappa shape index (κ2) is 5.11. The average molecular weight is 250 g/mol. The third-order valence-electron chi connectivity index (χ3n) is 2.61. The predicted molar refractivity (Wildman–Crippen MR) is 59.5 cm³/mol. The summed E-state index contributed by atoms with van der Waals surface area (Å²) in [6.45, 7) is 3.32.